The van der Waals surface area contributed by atoms with Crippen molar-refractivity contribution < 1.29 is 23.9 Å². The van der Waals surface area contributed by atoms with Gasteiger partial charge in [0.05, 0.1) is 12.1 Å². The second-order valence-corrected chi connectivity index (χ2v) is 13.9. The molecule has 1 aliphatic rings. The summed E-state index contributed by atoms with van der Waals surface area (Å²) in [5, 5.41) is 11.1. The number of hydrogen-bond donors (Lipinski definition) is 2. The molecule has 1 heterocycles. The first-order valence-electron chi connectivity index (χ1n) is 15.9. The molecule has 0 saturated heterocycles. The van der Waals surface area contributed by atoms with Crippen LogP contribution in [0.2, 0.25) is 0 Å². The molecule has 4 aromatic rings. The van der Waals surface area contributed by atoms with Gasteiger partial charge in [-0.25, -0.2) is 0 Å². The van der Waals surface area contributed by atoms with Gasteiger partial charge in [0.25, 0.3) is 17.7 Å². The van der Waals surface area contributed by atoms with E-state index in [4.69, 9.17) is 9.47 Å². The first-order valence-corrected chi connectivity index (χ1v) is 15.9. The Morgan fingerprint density at radius 2 is 1.21 bits per heavy atom. The maximum Gasteiger partial charge on any atom is 0.265 e. The van der Waals surface area contributed by atoms with Gasteiger partial charge in [0.1, 0.15) is 23.1 Å². The standard InChI is InChI=1S/C39H42N4O5/c1-25(47-31-18-10-27(11-19-31)38(2,3)4)36(45)40-29-14-8-26(9-15-29)37(46)41-34-24-35(44)43(42-34)30-16-22-33(23-17-30)48-32-20-12-28(13-21-32)39(5,6)7/h8-23,25H,24H2,1-7H3,(H,40,45)(H,41,42,46). The van der Waals surface area contributed by atoms with Gasteiger partial charge in [-0.2, -0.15) is 10.1 Å². The van der Waals surface area contributed by atoms with Crippen molar-refractivity contribution in [3.63, 3.8) is 0 Å². The number of ether oxygens (including phenoxy) is 2. The fraction of sp³-hybridized carbons (Fsp3) is 0.282. The molecule has 0 aromatic heterocycles. The van der Waals surface area contributed by atoms with Crippen LogP contribution >= 0.6 is 0 Å². The zero-order valence-corrected chi connectivity index (χ0v) is 28.5. The van der Waals surface area contributed by atoms with Crippen molar-refractivity contribution in [2.24, 2.45) is 5.10 Å². The molecule has 9 heteroatoms. The minimum Gasteiger partial charge on any atom is -0.481 e. The Labute approximate surface area is 282 Å². The van der Waals surface area contributed by atoms with E-state index in [1.165, 1.54) is 16.1 Å². The third kappa shape index (κ3) is 8.47. The number of hydrogen-bond acceptors (Lipinski definition) is 6. The highest BCUT2D eigenvalue weighted by molar-refractivity contribution is 6.17. The van der Waals surface area contributed by atoms with E-state index in [2.05, 4.69) is 69.4 Å². The highest BCUT2D eigenvalue weighted by Crippen LogP contribution is 2.29. The van der Waals surface area contributed by atoms with Crippen LogP contribution in [0.25, 0.3) is 0 Å². The largest absolute Gasteiger partial charge is 0.481 e. The summed E-state index contributed by atoms with van der Waals surface area (Å²) >= 11 is 0. The van der Waals surface area contributed by atoms with Gasteiger partial charge in [0, 0.05) is 11.3 Å². The fourth-order valence-electron chi connectivity index (χ4n) is 4.96. The SMILES string of the molecule is CC(Oc1ccc(C(C)(C)C)cc1)C(=O)Nc1ccc(C(=O)NC2=NN(c3ccc(Oc4ccc(C(C)(C)C)cc4)cc3)C(=O)C2)cc1. The van der Waals surface area contributed by atoms with E-state index in [1.807, 2.05) is 36.4 Å². The Bertz CT molecular complexity index is 1800. The smallest absolute Gasteiger partial charge is 0.265 e. The number of amidine groups is 1. The molecule has 0 radical (unpaired) electrons. The predicted octanol–water partition coefficient (Wildman–Crippen LogP) is 7.96. The first-order chi connectivity index (χ1) is 22.7. The monoisotopic (exact) mass is 646 g/mol. The maximum absolute atomic E-state index is 12.9. The van der Waals surface area contributed by atoms with Crippen LogP contribution in [-0.4, -0.2) is 29.7 Å². The Balaban J connectivity index is 1.13. The number of anilines is 2. The Hall–Kier alpha value is -5.44. The number of amides is 3. The molecule has 1 aliphatic heterocycles. The predicted molar refractivity (Wildman–Crippen MR) is 189 cm³/mol. The van der Waals surface area contributed by atoms with Crippen molar-refractivity contribution in [1.29, 1.82) is 0 Å². The molecule has 248 valence electrons. The lowest BCUT2D eigenvalue weighted by Crippen LogP contribution is -2.30. The molecular weight excluding hydrogens is 604 g/mol. The fourth-order valence-corrected chi connectivity index (χ4v) is 4.96. The Kier molecular flexibility index (Phi) is 9.70. The van der Waals surface area contributed by atoms with Crippen molar-refractivity contribution in [3.8, 4) is 17.2 Å². The number of nitrogens with zero attached hydrogens (tertiary/aromatic N) is 2. The summed E-state index contributed by atoms with van der Waals surface area (Å²) < 4.78 is 11.8. The summed E-state index contributed by atoms with van der Waals surface area (Å²) in [6, 6.07) is 29.2. The van der Waals surface area contributed by atoms with E-state index in [0.29, 0.717) is 34.2 Å². The van der Waals surface area contributed by atoms with Crippen LogP contribution in [0.1, 0.15) is 76.4 Å². The molecule has 9 nitrogen and oxygen atoms in total. The summed E-state index contributed by atoms with van der Waals surface area (Å²) in [5.41, 5.74) is 3.90. The summed E-state index contributed by atoms with van der Waals surface area (Å²) in [7, 11) is 0. The first kappa shape index (κ1) is 33.9. The molecule has 0 aliphatic carbocycles. The maximum atomic E-state index is 12.9. The molecule has 0 spiro atoms. The summed E-state index contributed by atoms with van der Waals surface area (Å²) in [6.07, 6.45) is -0.779. The highest BCUT2D eigenvalue weighted by atomic mass is 16.5. The molecular formula is C39H42N4O5. The minimum atomic E-state index is -0.733. The van der Waals surface area contributed by atoms with Gasteiger partial charge in [0.2, 0.25) is 0 Å². The van der Waals surface area contributed by atoms with E-state index in [0.717, 1.165) is 0 Å². The van der Waals surface area contributed by atoms with Gasteiger partial charge < -0.3 is 20.1 Å². The van der Waals surface area contributed by atoms with Gasteiger partial charge in [-0.3, -0.25) is 14.4 Å². The summed E-state index contributed by atoms with van der Waals surface area (Å²) in [6.45, 7) is 14.6. The molecule has 48 heavy (non-hydrogen) atoms. The third-order valence-corrected chi connectivity index (χ3v) is 7.89. The number of nitrogens with one attached hydrogen (secondary N) is 2. The van der Waals surface area contributed by atoms with E-state index < -0.39 is 12.0 Å². The average Bonchev–Trinajstić information content (AvgIpc) is 3.40. The van der Waals surface area contributed by atoms with Crippen LogP contribution in [0.15, 0.2) is 102 Å². The van der Waals surface area contributed by atoms with Crippen LogP contribution in [-0.2, 0) is 20.4 Å². The quantitative estimate of drug-likeness (QED) is 0.202. The van der Waals surface area contributed by atoms with Crippen molar-refractivity contribution in [2.45, 2.75) is 71.8 Å². The molecule has 0 fully saturated rings. The second kappa shape index (κ2) is 13.7. The molecule has 3 amide bonds. The number of rotatable bonds is 8. The van der Waals surface area contributed by atoms with Crippen LogP contribution in [0.3, 0.4) is 0 Å². The van der Waals surface area contributed by atoms with Gasteiger partial charge in [-0.05, 0) is 102 Å². The average molecular weight is 647 g/mol. The number of carbonyl (C=O) groups is 3. The van der Waals surface area contributed by atoms with Gasteiger partial charge >= 0.3 is 0 Å². The van der Waals surface area contributed by atoms with Gasteiger partial charge in [-0.15, -0.1) is 0 Å². The lowest BCUT2D eigenvalue weighted by atomic mass is 9.87. The molecule has 0 saturated carbocycles. The zero-order valence-electron chi connectivity index (χ0n) is 28.5. The van der Waals surface area contributed by atoms with Crippen LogP contribution in [0.5, 0.6) is 17.2 Å². The topological polar surface area (TPSA) is 109 Å². The number of hydrazone groups is 1. The van der Waals surface area contributed by atoms with Crippen molar-refractivity contribution in [2.75, 3.05) is 10.3 Å². The molecule has 4 aromatic carbocycles. The van der Waals surface area contributed by atoms with Crippen LogP contribution in [0, 0.1) is 0 Å². The van der Waals surface area contributed by atoms with E-state index >= 15 is 0 Å². The lowest BCUT2D eigenvalue weighted by Gasteiger charge is -2.20. The molecule has 2 N–H and O–H groups in total. The van der Waals surface area contributed by atoms with Gasteiger partial charge in [0.15, 0.2) is 6.10 Å². The third-order valence-electron chi connectivity index (χ3n) is 7.89. The minimum absolute atomic E-state index is 0.0246. The molecule has 1 atom stereocenters. The van der Waals surface area contributed by atoms with Crippen molar-refractivity contribution in [1.82, 2.24) is 5.32 Å². The summed E-state index contributed by atoms with van der Waals surface area (Å²) in [4.78, 5) is 38.4. The molecule has 5 rings (SSSR count). The van der Waals surface area contributed by atoms with Crippen molar-refractivity contribution in [3.05, 3.63) is 114 Å². The lowest BCUT2D eigenvalue weighted by molar-refractivity contribution is -0.122. The van der Waals surface area contributed by atoms with Crippen molar-refractivity contribution >= 4 is 34.9 Å². The van der Waals surface area contributed by atoms with Gasteiger partial charge in [-0.1, -0.05) is 65.8 Å². The molecule has 1 unspecified atom stereocenters. The van der Waals surface area contributed by atoms with E-state index in [9.17, 15) is 14.4 Å². The summed E-state index contributed by atoms with van der Waals surface area (Å²) in [5.74, 6) is 1.18. The zero-order chi connectivity index (χ0) is 34.6. The van der Waals surface area contributed by atoms with Crippen LogP contribution < -0.4 is 25.1 Å². The van der Waals surface area contributed by atoms with E-state index in [-0.39, 0.29) is 34.9 Å². The van der Waals surface area contributed by atoms with E-state index in [1.54, 1.807) is 55.5 Å². The number of carbonyl (C=O) groups excluding carboxylic acids is 3. The number of benzene rings is 4. The molecule has 0 bridgehead atoms. The Morgan fingerprint density at radius 1 is 0.708 bits per heavy atom. The highest BCUT2D eigenvalue weighted by Gasteiger charge is 2.27. The normalized spacial score (nSPS) is 13.9. The Morgan fingerprint density at radius 3 is 1.73 bits per heavy atom. The van der Waals surface area contributed by atoms with Crippen LogP contribution in [0.4, 0.5) is 11.4 Å². The second-order valence-electron chi connectivity index (χ2n) is 13.9.